The lowest BCUT2D eigenvalue weighted by Crippen LogP contribution is -2.51. The second kappa shape index (κ2) is 6.73. The molecule has 0 saturated heterocycles. The maximum Gasteiger partial charge on any atom is 0.252 e. The number of nitrogens with two attached hydrogens (primary N) is 1. The van der Waals surface area contributed by atoms with Gasteiger partial charge in [0.15, 0.2) is 0 Å². The van der Waals surface area contributed by atoms with E-state index in [9.17, 15) is 4.79 Å². The molecule has 0 aliphatic heterocycles. The van der Waals surface area contributed by atoms with Gasteiger partial charge < -0.3 is 11.1 Å². The van der Waals surface area contributed by atoms with Gasteiger partial charge in [-0.15, -0.1) is 12.4 Å². The first-order valence-electron chi connectivity index (χ1n) is 6.36. The van der Waals surface area contributed by atoms with Crippen molar-refractivity contribution in [1.29, 1.82) is 0 Å². The predicted octanol–water partition coefficient (Wildman–Crippen LogP) is 3.18. The van der Waals surface area contributed by atoms with Gasteiger partial charge in [0, 0.05) is 16.6 Å². The lowest BCUT2D eigenvalue weighted by Gasteiger charge is -2.29. The summed E-state index contributed by atoms with van der Waals surface area (Å²) < 4.78 is 0.961. The number of nitrogens with one attached hydrogen (secondary N) is 1. The molecule has 1 amide bonds. The Morgan fingerprint density at radius 2 is 2.05 bits per heavy atom. The topological polar surface area (TPSA) is 55.1 Å². The van der Waals surface area contributed by atoms with Crippen molar-refractivity contribution in [2.24, 2.45) is 5.73 Å². The molecule has 0 aromatic heterocycles. The number of benzene rings is 1. The minimum atomic E-state index is -0.189. The van der Waals surface area contributed by atoms with Gasteiger partial charge in [0.2, 0.25) is 0 Å². The van der Waals surface area contributed by atoms with E-state index in [0.717, 1.165) is 41.3 Å². The average Bonchev–Trinajstić information content (AvgIpc) is 2.81. The van der Waals surface area contributed by atoms with Crippen molar-refractivity contribution in [3.05, 3.63) is 33.8 Å². The number of rotatable bonds is 3. The van der Waals surface area contributed by atoms with E-state index in [1.165, 1.54) is 0 Å². The summed E-state index contributed by atoms with van der Waals surface area (Å²) in [5, 5.41) is 3.14. The molecule has 0 bridgehead atoms. The summed E-state index contributed by atoms with van der Waals surface area (Å²) in [7, 11) is 0. The van der Waals surface area contributed by atoms with Crippen molar-refractivity contribution in [3.8, 4) is 0 Å². The van der Waals surface area contributed by atoms with Gasteiger partial charge in [-0.2, -0.15) is 0 Å². The second-order valence-electron chi connectivity index (χ2n) is 5.06. The van der Waals surface area contributed by atoms with Gasteiger partial charge in [0.05, 0.1) is 5.54 Å². The number of amides is 1. The van der Waals surface area contributed by atoms with Crippen LogP contribution in [0.1, 0.15) is 41.6 Å². The molecule has 19 heavy (non-hydrogen) atoms. The smallest absolute Gasteiger partial charge is 0.252 e. The molecule has 1 aromatic rings. The Bertz CT molecular complexity index is 459. The van der Waals surface area contributed by atoms with Gasteiger partial charge in [-0.1, -0.05) is 34.8 Å². The number of hydrogen-bond donors (Lipinski definition) is 2. The van der Waals surface area contributed by atoms with Crippen LogP contribution in [0.3, 0.4) is 0 Å². The van der Waals surface area contributed by atoms with E-state index in [1.54, 1.807) is 0 Å². The molecule has 0 radical (unpaired) electrons. The first kappa shape index (κ1) is 16.5. The predicted molar refractivity (Wildman–Crippen MR) is 83.8 cm³/mol. The summed E-state index contributed by atoms with van der Waals surface area (Å²) >= 11 is 3.45. The highest BCUT2D eigenvalue weighted by molar-refractivity contribution is 9.10. The van der Waals surface area contributed by atoms with E-state index in [2.05, 4.69) is 21.2 Å². The van der Waals surface area contributed by atoms with Gasteiger partial charge >= 0.3 is 0 Å². The van der Waals surface area contributed by atoms with Gasteiger partial charge in [-0.3, -0.25) is 4.79 Å². The Morgan fingerprint density at radius 3 is 2.63 bits per heavy atom. The highest BCUT2D eigenvalue weighted by atomic mass is 79.9. The molecular formula is C14H20BrClN2O. The third-order valence-corrected chi connectivity index (χ3v) is 4.70. The fraction of sp³-hybridized carbons (Fsp3) is 0.500. The van der Waals surface area contributed by atoms with E-state index in [1.807, 2.05) is 25.1 Å². The molecule has 1 aliphatic carbocycles. The van der Waals surface area contributed by atoms with Crippen LogP contribution in [0.15, 0.2) is 22.7 Å². The molecular weight excluding hydrogens is 328 g/mol. The van der Waals surface area contributed by atoms with Crippen molar-refractivity contribution in [2.45, 2.75) is 38.1 Å². The molecule has 2 rings (SSSR count). The lowest BCUT2D eigenvalue weighted by molar-refractivity contribution is 0.0902. The summed E-state index contributed by atoms with van der Waals surface area (Å²) in [6, 6.07) is 5.69. The molecule has 1 saturated carbocycles. The van der Waals surface area contributed by atoms with Crippen LogP contribution >= 0.6 is 28.3 Å². The summed E-state index contributed by atoms with van der Waals surface area (Å²) in [6.45, 7) is 2.47. The normalized spacial score (nSPS) is 16.8. The molecule has 0 spiro atoms. The van der Waals surface area contributed by atoms with Crippen LogP contribution in [0.25, 0.3) is 0 Å². The van der Waals surface area contributed by atoms with Gasteiger partial charge in [-0.25, -0.2) is 0 Å². The van der Waals surface area contributed by atoms with E-state index >= 15 is 0 Å². The molecule has 0 atom stereocenters. The van der Waals surface area contributed by atoms with E-state index < -0.39 is 0 Å². The highest BCUT2D eigenvalue weighted by Crippen LogP contribution is 2.29. The van der Waals surface area contributed by atoms with Crippen molar-refractivity contribution in [1.82, 2.24) is 5.32 Å². The number of carbonyl (C=O) groups is 1. The van der Waals surface area contributed by atoms with Crippen molar-refractivity contribution >= 4 is 34.2 Å². The van der Waals surface area contributed by atoms with E-state index in [-0.39, 0.29) is 23.9 Å². The van der Waals surface area contributed by atoms with Crippen molar-refractivity contribution in [3.63, 3.8) is 0 Å². The molecule has 106 valence electrons. The van der Waals surface area contributed by atoms with Crippen LogP contribution in [0, 0.1) is 6.92 Å². The molecule has 5 heteroatoms. The zero-order chi connectivity index (χ0) is 13.2. The first-order chi connectivity index (χ1) is 8.58. The maximum atomic E-state index is 12.4. The quantitative estimate of drug-likeness (QED) is 0.882. The summed E-state index contributed by atoms with van der Waals surface area (Å²) in [4.78, 5) is 12.4. The van der Waals surface area contributed by atoms with Crippen LogP contribution in [-0.4, -0.2) is 18.0 Å². The standard InChI is InChI=1S/C14H19BrN2O.ClH/c1-10-11(5-4-6-12(10)15)13(18)17-14(9-16)7-2-3-8-14;/h4-6H,2-3,7-9,16H2,1H3,(H,17,18);1H. The van der Waals surface area contributed by atoms with Crippen LogP contribution < -0.4 is 11.1 Å². The lowest BCUT2D eigenvalue weighted by atomic mass is 9.96. The molecule has 3 nitrogen and oxygen atoms in total. The Labute approximate surface area is 128 Å². The number of hydrogen-bond acceptors (Lipinski definition) is 2. The zero-order valence-electron chi connectivity index (χ0n) is 11.0. The van der Waals surface area contributed by atoms with E-state index in [0.29, 0.717) is 6.54 Å². The molecule has 1 aliphatic rings. The summed E-state index contributed by atoms with van der Waals surface area (Å²) in [5.41, 5.74) is 7.35. The maximum absolute atomic E-state index is 12.4. The van der Waals surface area contributed by atoms with Crippen LogP contribution in [-0.2, 0) is 0 Å². The summed E-state index contributed by atoms with van der Waals surface area (Å²) in [5.74, 6) is -0.0128. The minimum Gasteiger partial charge on any atom is -0.345 e. The molecule has 0 unspecified atom stereocenters. The monoisotopic (exact) mass is 346 g/mol. The average molecular weight is 348 g/mol. The van der Waals surface area contributed by atoms with Gasteiger partial charge in [0.1, 0.15) is 0 Å². The molecule has 3 N–H and O–H groups in total. The third-order valence-electron chi connectivity index (χ3n) is 3.84. The van der Waals surface area contributed by atoms with Gasteiger partial charge in [0.25, 0.3) is 5.91 Å². The minimum absolute atomic E-state index is 0. The molecule has 0 heterocycles. The fourth-order valence-corrected chi connectivity index (χ4v) is 2.96. The van der Waals surface area contributed by atoms with Crippen LogP contribution in [0.5, 0.6) is 0 Å². The third kappa shape index (κ3) is 3.50. The Kier molecular flexibility index (Phi) is 5.83. The number of halogens is 2. The molecule has 1 aromatic carbocycles. The second-order valence-corrected chi connectivity index (χ2v) is 5.91. The molecule has 1 fully saturated rings. The Balaban J connectivity index is 0.00000180. The highest BCUT2D eigenvalue weighted by Gasteiger charge is 2.34. The summed E-state index contributed by atoms with van der Waals surface area (Å²) in [6.07, 6.45) is 4.27. The van der Waals surface area contributed by atoms with Crippen molar-refractivity contribution in [2.75, 3.05) is 6.54 Å². The fourth-order valence-electron chi connectivity index (χ4n) is 2.59. The SMILES string of the molecule is Cc1c(Br)cccc1C(=O)NC1(CN)CCCC1.Cl. The van der Waals surface area contributed by atoms with Gasteiger partial charge in [-0.05, 0) is 37.5 Å². The van der Waals surface area contributed by atoms with E-state index in [4.69, 9.17) is 5.73 Å². The van der Waals surface area contributed by atoms with Crippen LogP contribution in [0.4, 0.5) is 0 Å². The first-order valence-corrected chi connectivity index (χ1v) is 7.15. The Hall–Kier alpha value is -0.580. The zero-order valence-corrected chi connectivity index (χ0v) is 13.4. The largest absolute Gasteiger partial charge is 0.345 e. The Morgan fingerprint density at radius 1 is 1.42 bits per heavy atom. The number of carbonyl (C=O) groups excluding carboxylic acids is 1. The van der Waals surface area contributed by atoms with Crippen molar-refractivity contribution < 1.29 is 4.79 Å². The van der Waals surface area contributed by atoms with Crippen LogP contribution in [0.2, 0.25) is 0 Å².